The zero-order valence-corrected chi connectivity index (χ0v) is 12.7. The van der Waals surface area contributed by atoms with E-state index in [9.17, 15) is 14.7 Å². The number of carboxylic acid groups (broad SMARTS) is 1. The average molecular weight is 291 g/mol. The minimum atomic E-state index is -0.784. The lowest BCUT2D eigenvalue weighted by atomic mass is 9.80. The predicted molar refractivity (Wildman–Crippen MR) is 79.4 cm³/mol. The Kier molecular flexibility index (Phi) is 4.16. The molecule has 1 aliphatic rings. The SMILES string of the molecule is CN(C)c1cc(C(=O)N2CCC(C)(C(=O)O)CC2)ccn1. The van der Waals surface area contributed by atoms with Gasteiger partial charge in [0.15, 0.2) is 0 Å². The Morgan fingerprint density at radius 3 is 2.48 bits per heavy atom. The van der Waals surface area contributed by atoms with Crippen LogP contribution in [0.2, 0.25) is 0 Å². The molecule has 6 nitrogen and oxygen atoms in total. The van der Waals surface area contributed by atoms with E-state index in [4.69, 9.17) is 0 Å². The van der Waals surface area contributed by atoms with Gasteiger partial charge in [0.2, 0.25) is 0 Å². The Balaban J connectivity index is 2.09. The molecule has 1 fully saturated rings. The molecule has 1 aliphatic heterocycles. The van der Waals surface area contributed by atoms with Crippen LogP contribution in [0.25, 0.3) is 0 Å². The number of anilines is 1. The molecule has 0 radical (unpaired) electrons. The van der Waals surface area contributed by atoms with E-state index in [1.807, 2.05) is 19.0 Å². The Hall–Kier alpha value is -2.11. The largest absolute Gasteiger partial charge is 0.481 e. The molecule has 2 rings (SSSR count). The smallest absolute Gasteiger partial charge is 0.309 e. The van der Waals surface area contributed by atoms with Gasteiger partial charge in [-0.1, -0.05) is 0 Å². The fourth-order valence-corrected chi connectivity index (χ4v) is 2.40. The third-order valence-corrected chi connectivity index (χ3v) is 4.12. The van der Waals surface area contributed by atoms with Crippen molar-refractivity contribution in [3.8, 4) is 0 Å². The molecule has 0 bridgehead atoms. The number of amides is 1. The first kappa shape index (κ1) is 15.3. The molecule has 6 heteroatoms. The van der Waals surface area contributed by atoms with Gasteiger partial charge in [-0.15, -0.1) is 0 Å². The highest BCUT2D eigenvalue weighted by Crippen LogP contribution is 2.31. The molecule has 1 amide bonds. The van der Waals surface area contributed by atoms with Crippen LogP contribution in [0.15, 0.2) is 18.3 Å². The quantitative estimate of drug-likeness (QED) is 0.913. The monoisotopic (exact) mass is 291 g/mol. The molecule has 0 saturated carbocycles. The standard InChI is InChI=1S/C15H21N3O3/c1-15(14(20)21)5-8-18(9-6-15)13(19)11-4-7-16-12(10-11)17(2)3/h4,7,10H,5-6,8-9H2,1-3H3,(H,20,21). The molecule has 2 heterocycles. The number of piperidine rings is 1. The molecule has 1 N–H and O–H groups in total. The molecule has 1 aromatic heterocycles. The number of pyridine rings is 1. The molecule has 21 heavy (non-hydrogen) atoms. The van der Waals surface area contributed by atoms with Gasteiger partial charge in [0.1, 0.15) is 5.82 Å². The summed E-state index contributed by atoms with van der Waals surface area (Å²) in [4.78, 5) is 31.5. The molecule has 0 atom stereocenters. The minimum Gasteiger partial charge on any atom is -0.481 e. The van der Waals surface area contributed by atoms with Gasteiger partial charge in [0, 0.05) is 38.9 Å². The first-order chi connectivity index (χ1) is 9.83. The van der Waals surface area contributed by atoms with Crippen molar-refractivity contribution in [3.05, 3.63) is 23.9 Å². The van der Waals surface area contributed by atoms with Crippen LogP contribution in [0.1, 0.15) is 30.1 Å². The number of hydrogen-bond acceptors (Lipinski definition) is 4. The van der Waals surface area contributed by atoms with Crippen molar-refractivity contribution in [1.82, 2.24) is 9.88 Å². The van der Waals surface area contributed by atoms with E-state index in [1.165, 1.54) is 0 Å². The summed E-state index contributed by atoms with van der Waals surface area (Å²) < 4.78 is 0. The number of carbonyl (C=O) groups is 2. The van der Waals surface area contributed by atoms with E-state index in [2.05, 4.69) is 4.98 Å². The average Bonchev–Trinajstić information content (AvgIpc) is 2.47. The van der Waals surface area contributed by atoms with Crippen LogP contribution in [0.3, 0.4) is 0 Å². The Morgan fingerprint density at radius 1 is 1.33 bits per heavy atom. The van der Waals surface area contributed by atoms with Gasteiger partial charge in [-0.3, -0.25) is 9.59 Å². The number of nitrogens with zero attached hydrogens (tertiary/aromatic N) is 3. The van der Waals surface area contributed by atoms with Gasteiger partial charge in [-0.05, 0) is 31.9 Å². The summed E-state index contributed by atoms with van der Waals surface area (Å²) in [7, 11) is 3.74. The van der Waals surface area contributed by atoms with Crippen molar-refractivity contribution in [2.24, 2.45) is 5.41 Å². The highest BCUT2D eigenvalue weighted by Gasteiger charge is 2.38. The minimum absolute atomic E-state index is 0.0621. The molecule has 0 aromatic carbocycles. The maximum atomic E-state index is 12.5. The maximum Gasteiger partial charge on any atom is 0.309 e. The number of likely N-dealkylation sites (tertiary alicyclic amines) is 1. The van der Waals surface area contributed by atoms with Gasteiger partial charge in [0.25, 0.3) is 5.91 Å². The van der Waals surface area contributed by atoms with E-state index < -0.39 is 11.4 Å². The molecule has 1 saturated heterocycles. The predicted octanol–water partition coefficient (Wildman–Crippen LogP) is 1.47. The fraction of sp³-hybridized carbons (Fsp3) is 0.533. The van der Waals surface area contributed by atoms with E-state index in [1.54, 1.807) is 30.2 Å². The molecule has 1 aromatic rings. The Bertz CT molecular complexity index is 549. The van der Waals surface area contributed by atoms with Crippen molar-refractivity contribution in [3.63, 3.8) is 0 Å². The van der Waals surface area contributed by atoms with Crippen LogP contribution in [-0.2, 0) is 4.79 Å². The zero-order chi connectivity index (χ0) is 15.6. The number of aromatic nitrogens is 1. The summed E-state index contributed by atoms with van der Waals surface area (Å²) in [5.74, 6) is -0.116. The normalized spacial score (nSPS) is 17.4. The summed E-state index contributed by atoms with van der Waals surface area (Å²) >= 11 is 0. The van der Waals surface area contributed by atoms with Crippen LogP contribution in [0, 0.1) is 5.41 Å². The number of carbonyl (C=O) groups excluding carboxylic acids is 1. The van der Waals surface area contributed by atoms with Crippen molar-refractivity contribution in [1.29, 1.82) is 0 Å². The second kappa shape index (κ2) is 5.71. The van der Waals surface area contributed by atoms with Gasteiger partial charge in [0.05, 0.1) is 5.41 Å². The van der Waals surface area contributed by atoms with Gasteiger partial charge in [-0.2, -0.15) is 0 Å². The summed E-state index contributed by atoms with van der Waals surface area (Å²) in [6.07, 6.45) is 2.59. The van der Waals surface area contributed by atoms with Crippen LogP contribution in [0.5, 0.6) is 0 Å². The van der Waals surface area contributed by atoms with Crippen LogP contribution < -0.4 is 4.90 Å². The van der Waals surface area contributed by atoms with Crippen LogP contribution in [0.4, 0.5) is 5.82 Å². The van der Waals surface area contributed by atoms with Gasteiger partial charge < -0.3 is 14.9 Å². The third kappa shape index (κ3) is 3.15. The van der Waals surface area contributed by atoms with E-state index in [0.717, 1.165) is 5.82 Å². The number of carboxylic acids is 1. The molecule has 0 unspecified atom stereocenters. The first-order valence-electron chi connectivity index (χ1n) is 6.99. The number of aliphatic carboxylic acids is 1. The van der Waals surface area contributed by atoms with E-state index in [-0.39, 0.29) is 5.91 Å². The number of hydrogen-bond donors (Lipinski definition) is 1. The molecular formula is C15H21N3O3. The summed E-state index contributed by atoms with van der Waals surface area (Å²) in [6, 6.07) is 3.45. The Morgan fingerprint density at radius 2 is 1.95 bits per heavy atom. The van der Waals surface area contributed by atoms with Crippen molar-refractivity contribution >= 4 is 17.7 Å². The van der Waals surface area contributed by atoms with Crippen LogP contribution in [-0.4, -0.2) is 54.1 Å². The maximum absolute atomic E-state index is 12.5. The summed E-state index contributed by atoms with van der Waals surface area (Å²) in [5.41, 5.74) is -0.128. The third-order valence-electron chi connectivity index (χ3n) is 4.12. The fourth-order valence-electron chi connectivity index (χ4n) is 2.40. The summed E-state index contributed by atoms with van der Waals surface area (Å²) in [5, 5.41) is 9.22. The molecule has 0 spiro atoms. The lowest BCUT2D eigenvalue weighted by Gasteiger charge is -2.36. The first-order valence-corrected chi connectivity index (χ1v) is 6.99. The van der Waals surface area contributed by atoms with Crippen molar-refractivity contribution in [2.75, 3.05) is 32.1 Å². The molecular weight excluding hydrogens is 270 g/mol. The molecule has 114 valence electrons. The number of rotatable bonds is 3. The topological polar surface area (TPSA) is 73.7 Å². The second-order valence-corrected chi connectivity index (χ2v) is 5.96. The Labute approximate surface area is 124 Å². The highest BCUT2D eigenvalue weighted by molar-refractivity contribution is 5.95. The van der Waals surface area contributed by atoms with Crippen LogP contribution >= 0.6 is 0 Å². The van der Waals surface area contributed by atoms with E-state index in [0.29, 0.717) is 31.5 Å². The summed E-state index contributed by atoms with van der Waals surface area (Å²) in [6.45, 7) is 2.69. The van der Waals surface area contributed by atoms with Crippen molar-refractivity contribution < 1.29 is 14.7 Å². The van der Waals surface area contributed by atoms with Gasteiger partial charge >= 0.3 is 5.97 Å². The van der Waals surface area contributed by atoms with E-state index >= 15 is 0 Å². The lowest BCUT2D eigenvalue weighted by Crippen LogP contribution is -2.45. The zero-order valence-electron chi connectivity index (χ0n) is 12.7. The highest BCUT2D eigenvalue weighted by atomic mass is 16.4. The lowest BCUT2D eigenvalue weighted by molar-refractivity contribution is -0.150. The second-order valence-electron chi connectivity index (χ2n) is 5.96. The van der Waals surface area contributed by atoms with Gasteiger partial charge in [-0.25, -0.2) is 4.98 Å². The molecule has 0 aliphatic carbocycles. The van der Waals surface area contributed by atoms with Crippen molar-refractivity contribution in [2.45, 2.75) is 19.8 Å².